The number of ether oxygens (including phenoxy) is 2. The fraction of sp³-hybridized carbons (Fsp3) is 0.130. The number of fused-ring (bicyclic) bond motifs is 1. The minimum absolute atomic E-state index is 0.0185. The SMILES string of the molecule is COc1ccc(C2N=C(NC#N)Nc3nc(N)c(C#N)c(N)c32)cc1COc1ccc(Cl)cc1. The fourth-order valence-corrected chi connectivity index (χ4v) is 3.72. The van der Waals surface area contributed by atoms with Crippen LogP contribution in [0, 0.1) is 22.8 Å². The van der Waals surface area contributed by atoms with Crippen molar-refractivity contribution >= 4 is 34.9 Å². The topological polar surface area (TPSA) is 167 Å². The third-order valence-electron chi connectivity index (χ3n) is 5.19. The van der Waals surface area contributed by atoms with Crippen LogP contribution in [0.1, 0.15) is 28.3 Å². The summed E-state index contributed by atoms with van der Waals surface area (Å²) in [5.41, 5.74) is 14.4. The number of benzene rings is 2. The zero-order chi connectivity index (χ0) is 24.2. The van der Waals surface area contributed by atoms with E-state index in [9.17, 15) is 5.26 Å². The van der Waals surface area contributed by atoms with Crippen molar-refractivity contribution in [2.75, 3.05) is 23.9 Å². The molecule has 0 spiro atoms. The van der Waals surface area contributed by atoms with E-state index in [0.717, 1.165) is 11.1 Å². The Balaban J connectivity index is 1.77. The Hall–Kier alpha value is -4.67. The molecule has 1 aliphatic rings. The van der Waals surface area contributed by atoms with E-state index in [2.05, 4.69) is 20.6 Å². The van der Waals surface area contributed by atoms with Crippen molar-refractivity contribution < 1.29 is 9.47 Å². The minimum atomic E-state index is -0.674. The lowest BCUT2D eigenvalue weighted by atomic mass is 9.94. The number of guanidine groups is 1. The van der Waals surface area contributed by atoms with Crippen LogP contribution in [0.4, 0.5) is 17.3 Å². The summed E-state index contributed by atoms with van der Waals surface area (Å²) >= 11 is 5.94. The third-order valence-corrected chi connectivity index (χ3v) is 5.44. The predicted octanol–water partition coefficient (Wildman–Crippen LogP) is 3.30. The van der Waals surface area contributed by atoms with E-state index < -0.39 is 6.04 Å². The molecule has 0 saturated carbocycles. The number of nitrogens with one attached hydrogen (secondary N) is 2. The lowest BCUT2D eigenvalue weighted by Crippen LogP contribution is -2.32. The molecule has 2 heterocycles. The molecule has 10 nitrogen and oxygen atoms in total. The average Bonchev–Trinajstić information content (AvgIpc) is 2.83. The van der Waals surface area contributed by atoms with Crippen molar-refractivity contribution in [2.45, 2.75) is 12.6 Å². The Morgan fingerprint density at radius 3 is 2.62 bits per heavy atom. The molecule has 1 atom stereocenters. The van der Waals surface area contributed by atoms with Gasteiger partial charge in [0.2, 0.25) is 5.96 Å². The smallest absolute Gasteiger partial charge is 0.211 e. The third kappa shape index (κ3) is 4.31. The summed E-state index contributed by atoms with van der Waals surface area (Å²) in [6, 6.07) is 13.8. The molecule has 0 amide bonds. The largest absolute Gasteiger partial charge is 0.496 e. The summed E-state index contributed by atoms with van der Waals surface area (Å²) in [4.78, 5) is 8.85. The number of aliphatic imine (C=N–C) groups is 1. The van der Waals surface area contributed by atoms with Gasteiger partial charge in [-0.15, -0.1) is 0 Å². The first-order chi connectivity index (χ1) is 16.4. The summed E-state index contributed by atoms with van der Waals surface area (Å²) in [6.07, 6.45) is 1.83. The van der Waals surface area contributed by atoms with Gasteiger partial charge in [0.15, 0.2) is 6.19 Å². The number of hydrogen-bond acceptors (Lipinski definition) is 10. The first kappa shape index (κ1) is 22.5. The fourth-order valence-electron chi connectivity index (χ4n) is 3.60. The molecule has 1 aromatic heterocycles. The van der Waals surface area contributed by atoms with E-state index in [1.807, 2.05) is 24.4 Å². The number of pyridine rings is 1. The van der Waals surface area contributed by atoms with Crippen molar-refractivity contribution in [1.82, 2.24) is 10.3 Å². The monoisotopic (exact) mass is 474 g/mol. The Kier molecular flexibility index (Phi) is 6.26. The van der Waals surface area contributed by atoms with Crippen LogP contribution in [0.5, 0.6) is 11.5 Å². The van der Waals surface area contributed by atoms with Gasteiger partial charge in [0.1, 0.15) is 47.4 Å². The number of hydrogen-bond donors (Lipinski definition) is 4. The molecular formula is C23H19ClN8O2. The summed E-state index contributed by atoms with van der Waals surface area (Å²) in [7, 11) is 1.57. The summed E-state index contributed by atoms with van der Waals surface area (Å²) in [5.74, 6) is 1.72. The van der Waals surface area contributed by atoms with Crippen LogP contribution in [0.3, 0.4) is 0 Å². The van der Waals surface area contributed by atoms with Gasteiger partial charge in [-0.1, -0.05) is 17.7 Å². The second-order valence-electron chi connectivity index (χ2n) is 7.22. The van der Waals surface area contributed by atoms with Crippen molar-refractivity contribution in [1.29, 1.82) is 10.5 Å². The van der Waals surface area contributed by atoms with E-state index in [-0.39, 0.29) is 29.6 Å². The zero-order valence-corrected chi connectivity index (χ0v) is 18.7. The van der Waals surface area contributed by atoms with Crippen molar-refractivity contribution in [3.8, 4) is 23.8 Å². The predicted molar refractivity (Wildman–Crippen MR) is 128 cm³/mol. The van der Waals surface area contributed by atoms with Crippen LogP contribution in [0.2, 0.25) is 5.02 Å². The van der Waals surface area contributed by atoms with Gasteiger partial charge >= 0.3 is 0 Å². The molecule has 11 heteroatoms. The number of anilines is 3. The molecule has 0 radical (unpaired) electrons. The van der Waals surface area contributed by atoms with Crippen molar-refractivity contribution in [2.24, 2.45) is 4.99 Å². The Labute approximate surface area is 200 Å². The maximum Gasteiger partial charge on any atom is 0.211 e. The Bertz CT molecular complexity index is 1360. The minimum Gasteiger partial charge on any atom is -0.496 e. The molecule has 0 bridgehead atoms. The van der Waals surface area contributed by atoms with Gasteiger partial charge in [-0.25, -0.2) is 9.98 Å². The molecule has 0 fully saturated rings. The number of nitrogens with zero attached hydrogens (tertiary/aromatic N) is 4. The number of nitrogen functional groups attached to an aromatic ring is 2. The van der Waals surface area contributed by atoms with E-state index in [1.165, 1.54) is 0 Å². The van der Waals surface area contributed by atoms with E-state index in [4.69, 9.17) is 37.8 Å². The van der Waals surface area contributed by atoms with E-state index in [1.54, 1.807) is 37.4 Å². The second-order valence-corrected chi connectivity index (χ2v) is 7.65. The van der Waals surface area contributed by atoms with Crippen molar-refractivity contribution in [3.63, 3.8) is 0 Å². The van der Waals surface area contributed by atoms with Crippen LogP contribution < -0.4 is 31.6 Å². The second kappa shape index (κ2) is 9.45. The van der Waals surface area contributed by atoms with Crippen LogP contribution in [0.15, 0.2) is 47.5 Å². The quantitative estimate of drug-likeness (QED) is 0.320. The molecule has 34 heavy (non-hydrogen) atoms. The number of methoxy groups -OCH3 is 1. The number of aromatic nitrogens is 1. The average molecular weight is 475 g/mol. The summed E-state index contributed by atoms with van der Waals surface area (Å²) in [5, 5.41) is 24.6. The zero-order valence-electron chi connectivity index (χ0n) is 18.0. The molecule has 1 unspecified atom stereocenters. The molecule has 3 aromatic rings. The summed E-state index contributed by atoms with van der Waals surface area (Å²) in [6.45, 7) is 0.211. The van der Waals surface area contributed by atoms with Gasteiger partial charge in [0, 0.05) is 16.1 Å². The van der Waals surface area contributed by atoms with Gasteiger partial charge in [-0.05, 0) is 42.0 Å². The highest BCUT2D eigenvalue weighted by Crippen LogP contribution is 2.41. The lowest BCUT2D eigenvalue weighted by molar-refractivity contribution is 0.296. The van der Waals surface area contributed by atoms with E-state index >= 15 is 0 Å². The van der Waals surface area contributed by atoms with Crippen LogP contribution in [-0.4, -0.2) is 18.1 Å². The molecule has 4 rings (SSSR count). The standard InChI is InChI=1S/C23H19ClN8O2/c1-33-17-7-2-12(8-13(17)10-34-15-5-3-14(24)4-6-15)20-18-19(27)16(9-25)21(28)31-22(18)32-23(30-20)29-11-26/h2-8,20H,10H2,1H3,(H6,27,28,29,30,31,32). The summed E-state index contributed by atoms with van der Waals surface area (Å²) < 4.78 is 11.4. The normalized spacial score (nSPS) is 14.0. The highest BCUT2D eigenvalue weighted by Gasteiger charge is 2.30. The molecule has 2 aromatic carbocycles. The Morgan fingerprint density at radius 1 is 1.18 bits per heavy atom. The molecular weight excluding hydrogens is 456 g/mol. The van der Waals surface area contributed by atoms with Crippen molar-refractivity contribution in [3.05, 3.63) is 69.7 Å². The highest BCUT2D eigenvalue weighted by atomic mass is 35.5. The first-order valence-corrected chi connectivity index (χ1v) is 10.4. The number of rotatable bonds is 5. The van der Waals surface area contributed by atoms with Gasteiger partial charge in [0.25, 0.3) is 0 Å². The molecule has 170 valence electrons. The molecule has 0 aliphatic carbocycles. The highest BCUT2D eigenvalue weighted by molar-refractivity contribution is 6.30. The maximum absolute atomic E-state index is 9.50. The number of nitriles is 2. The van der Waals surface area contributed by atoms with Crippen LogP contribution >= 0.6 is 11.6 Å². The van der Waals surface area contributed by atoms with Crippen LogP contribution in [-0.2, 0) is 6.61 Å². The molecule has 6 N–H and O–H groups in total. The number of halogens is 1. The van der Waals surface area contributed by atoms with Gasteiger partial charge in [0.05, 0.1) is 12.8 Å². The van der Waals surface area contributed by atoms with Gasteiger partial charge in [-0.2, -0.15) is 10.5 Å². The maximum atomic E-state index is 9.50. The molecule has 1 aliphatic heterocycles. The molecule has 0 saturated heterocycles. The first-order valence-electron chi connectivity index (χ1n) is 9.99. The lowest BCUT2D eigenvalue weighted by Gasteiger charge is -2.26. The Morgan fingerprint density at radius 2 is 1.94 bits per heavy atom. The van der Waals surface area contributed by atoms with Gasteiger partial charge < -0.3 is 26.3 Å². The van der Waals surface area contributed by atoms with Gasteiger partial charge in [-0.3, -0.25) is 5.32 Å². The van der Waals surface area contributed by atoms with E-state index in [0.29, 0.717) is 27.9 Å². The van der Waals surface area contributed by atoms with Crippen LogP contribution in [0.25, 0.3) is 0 Å². The number of nitrogens with two attached hydrogens (primary N) is 2.